The third kappa shape index (κ3) is 4.34. The fraction of sp³-hybridized carbons (Fsp3) is 0.588. The number of nitrogens with zero attached hydrogens (tertiary/aromatic N) is 2. The average molecular weight is 388 g/mol. The molecule has 2 aliphatic heterocycles. The summed E-state index contributed by atoms with van der Waals surface area (Å²) in [6.07, 6.45) is 2.84. The predicted octanol–water partition coefficient (Wildman–Crippen LogP) is 1.72. The van der Waals surface area contributed by atoms with Crippen molar-refractivity contribution >= 4 is 28.3 Å². The lowest BCUT2D eigenvalue weighted by Gasteiger charge is -2.32. The molecule has 0 saturated carbocycles. The molecule has 8 heteroatoms. The van der Waals surface area contributed by atoms with Gasteiger partial charge in [0, 0.05) is 44.3 Å². The van der Waals surface area contributed by atoms with E-state index in [0.717, 1.165) is 32.4 Å². The first-order valence-electron chi connectivity index (χ1n) is 8.62. The summed E-state index contributed by atoms with van der Waals surface area (Å²) < 4.78 is 27.5. The number of piperazine rings is 1. The van der Waals surface area contributed by atoms with Gasteiger partial charge in [0.25, 0.3) is 5.91 Å². The molecule has 2 aliphatic rings. The molecule has 0 aliphatic carbocycles. The van der Waals surface area contributed by atoms with E-state index in [9.17, 15) is 13.2 Å². The van der Waals surface area contributed by atoms with E-state index in [2.05, 4.69) is 5.32 Å². The maximum atomic E-state index is 12.9. The minimum absolute atomic E-state index is 0. The monoisotopic (exact) mass is 387 g/mol. The molecular weight excluding hydrogens is 362 g/mol. The molecule has 1 amide bonds. The Labute approximate surface area is 156 Å². The standard InChI is InChI=1S/C17H25N3O3S.ClH/c1-14-5-2-3-10-20(14)24(22,23)16-7-4-6-15(13-16)17(21)19-11-8-18-9-12-19;/h4,6-7,13-14,18H,2-3,5,8-12H2,1H3;1H. The number of rotatable bonds is 3. The van der Waals surface area contributed by atoms with Crippen molar-refractivity contribution in [3.63, 3.8) is 0 Å². The number of nitrogens with one attached hydrogen (secondary N) is 1. The molecule has 3 rings (SSSR count). The number of carbonyl (C=O) groups excluding carboxylic acids is 1. The molecule has 1 atom stereocenters. The Hall–Kier alpha value is -1.15. The molecule has 0 radical (unpaired) electrons. The molecule has 140 valence electrons. The smallest absolute Gasteiger partial charge is 0.253 e. The largest absolute Gasteiger partial charge is 0.336 e. The van der Waals surface area contributed by atoms with Crippen LogP contribution in [0.2, 0.25) is 0 Å². The summed E-state index contributed by atoms with van der Waals surface area (Å²) in [4.78, 5) is 14.6. The van der Waals surface area contributed by atoms with Gasteiger partial charge in [0.1, 0.15) is 0 Å². The van der Waals surface area contributed by atoms with Gasteiger partial charge in [-0.2, -0.15) is 4.31 Å². The molecule has 2 saturated heterocycles. The molecule has 0 spiro atoms. The first-order valence-corrected chi connectivity index (χ1v) is 10.1. The Kier molecular flexibility index (Phi) is 6.85. The second kappa shape index (κ2) is 8.49. The molecule has 0 aromatic heterocycles. The van der Waals surface area contributed by atoms with Gasteiger partial charge in [0.2, 0.25) is 10.0 Å². The van der Waals surface area contributed by atoms with Gasteiger partial charge in [-0.25, -0.2) is 8.42 Å². The summed E-state index contributed by atoms with van der Waals surface area (Å²) in [5, 5.41) is 3.21. The van der Waals surface area contributed by atoms with Gasteiger partial charge in [0.05, 0.1) is 4.90 Å². The zero-order chi connectivity index (χ0) is 17.2. The Morgan fingerprint density at radius 2 is 1.88 bits per heavy atom. The fourth-order valence-electron chi connectivity index (χ4n) is 3.40. The van der Waals surface area contributed by atoms with Crippen LogP contribution in [0.3, 0.4) is 0 Å². The van der Waals surface area contributed by atoms with E-state index in [4.69, 9.17) is 0 Å². The molecule has 2 heterocycles. The van der Waals surface area contributed by atoms with Crippen LogP contribution in [0.1, 0.15) is 36.5 Å². The van der Waals surface area contributed by atoms with Crippen molar-refractivity contribution < 1.29 is 13.2 Å². The minimum atomic E-state index is -3.55. The predicted molar refractivity (Wildman–Crippen MR) is 99.7 cm³/mol. The molecular formula is C17H26ClN3O3S. The van der Waals surface area contributed by atoms with Crippen LogP contribution in [0.5, 0.6) is 0 Å². The Morgan fingerprint density at radius 1 is 1.16 bits per heavy atom. The molecule has 1 N–H and O–H groups in total. The lowest BCUT2D eigenvalue weighted by molar-refractivity contribution is 0.0735. The first-order chi connectivity index (χ1) is 11.5. The van der Waals surface area contributed by atoms with Crippen molar-refractivity contribution in [2.75, 3.05) is 32.7 Å². The highest BCUT2D eigenvalue weighted by molar-refractivity contribution is 7.89. The van der Waals surface area contributed by atoms with Gasteiger partial charge in [-0.15, -0.1) is 12.4 Å². The number of piperidine rings is 1. The molecule has 25 heavy (non-hydrogen) atoms. The number of halogens is 1. The van der Waals surface area contributed by atoms with Crippen LogP contribution >= 0.6 is 12.4 Å². The van der Waals surface area contributed by atoms with Crippen molar-refractivity contribution in [3.8, 4) is 0 Å². The first kappa shape index (κ1) is 20.2. The summed E-state index contributed by atoms with van der Waals surface area (Å²) in [5.74, 6) is -0.0970. The summed E-state index contributed by atoms with van der Waals surface area (Å²) in [7, 11) is -3.55. The molecule has 2 fully saturated rings. The van der Waals surface area contributed by atoms with Crippen LogP contribution in [-0.2, 0) is 10.0 Å². The Balaban J connectivity index is 0.00000225. The lowest BCUT2D eigenvalue weighted by Crippen LogP contribution is -2.46. The zero-order valence-electron chi connectivity index (χ0n) is 14.5. The number of hydrogen-bond acceptors (Lipinski definition) is 4. The molecule has 6 nitrogen and oxygen atoms in total. The SMILES string of the molecule is CC1CCCCN1S(=O)(=O)c1cccc(C(=O)N2CCNCC2)c1.Cl. The van der Waals surface area contributed by atoms with E-state index < -0.39 is 10.0 Å². The van der Waals surface area contributed by atoms with Gasteiger partial charge >= 0.3 is 0 Å². The van der Waals surface area contributed by atoms with Gasteiger partial charge in [0.15, 0.2) is 0 Å². The van der Waals surface area contributed by atoms with Crippen LogP contribution < -0.4 is 5.32 Å². The van der Waals surface area contributed by atoms with Crippen LogP contribution in [0.4, 0.5) is 0 Å². The maximum absolute atomic E-state index is 12.9. The third-order valence-corrected chi connectivity index (χ3v) is 6.84. The van der Waals surface area contributed by atoms with E-state index in [0.29, 0.717) is 25.2 Å². The van der Waals surface area contributed by atoms with Gasteiger partial charge in [-0.1, -0.05) is 12.5 Å². The number of sulfonamides is 1. The van der Waals surface area contributed by atoms with E-state index in [-0.39, 0.29) is 29.3 Å². The van der Waals surface area contributed by atoms with Gasteiger partial charge in [-0.3, -0.25) is 4.79 Å². The maximum Gasteiger partial charge on any atom is 0.253 e. The molecule has 1 unspecified atom stereocenters. The van der Waals surface area contributed by atoms with Gasteiger partial charge < -0.3 is 10.2 Å². The molecule has 1 aromatic carbocycles. The minimum Gasteiger partial charge on any atom is -0.336 e. The second-order valence-corrected chi connectivity index (χ2v) is 8.42. The Morgan fingerprint density at radius 3 is 2.56 bits per heavy atom. The summed E-state index contributed by atoms with van der Waals surface area (Å²) in [6, 6.07) is 6.49. The van der Waals surface area contributed by atoms with E-state index in [1.807, 2.05) is 6.92 Å². The number of amides is 1. The average Bonchev–Trinajstić information content (AvgIpc) is 2.62. The number of benzene rings is 1. The normalized spacial score (nSPS) is 22.3. The van der Waals surface area contributed by atoms with E-state index in [1.54, 1.807) is 27.4 Å². The van der Waals surface area contributed by atoms with Crippen molar-refractivity contribution in [1.29, 1.82) is 0 Å². The van der Waals surface area contributed by atoms with Crippen molar-refractivity contribution in [3.05, 3.63) is 29.8 Å². The highest BCUT2D eigenvalue weighted by atomic mass is 35.5. The third-order valence-electron chi connectivity index (χ3n) is 4.83. The topological polar surface area (TPSA) is 69.7 Å². The fourth-order valence-corrected chi connectivity index (χ4v) is 5.15. The molecule has 0 bridgehead atoms. The van der Waals surface area contributed by atoms with Crippen molar-refractivity contribution in [2.24, 2.45) is 0 Å². The highest BCUT2D eigenvalue weighted by Gasteiger charge is 2.31. The van der Waals surface area contributed by atoms with Crippen LogP contribution in [0.15, 0.2) is 29.2 Å². The van der Waals surface area contributed by atoms with E-state index in [1.165, 1.54) is 6.07 Å². The lowest BCUT2D eigenvalue weighted by atomic mass is 10.1. The van der Waals surface area contributed by atoms with E-state index >= 15 is 0 Å². The second-order valence-electron chi connectivity index (χ2n) is 6.53. The van der Waals surface area contributed by atoms with Crippen molar-refractivity contribution in [2.45, 2.75) is 37.1 Å². The van der Waals surface area contributed by atoms with Crippen LogP contribution in [0.25, 0.3) is 0 Å². The quantitative estimate of drug-likeness (QED) is 0.857. The van der Waals surface area contributed by atoms with Crippen LogP contribution in [0, 0.1) is 0 Å². The summed E-state index contributed by atoms with van der Waals surface area (Å²) >= 11 is 0. The number of carbonyl (C=O) groups is 1. The van der Waals surface area contributed by atoms with Crippen LogP contribution in [-0.4, -0.2) is 62.3 Å². The van der Waals surface area contributed by atoms with Crippen molar-refractivity contribution in [1.82, 2.24) is 14.5 Å². The summed E-state index contributed by atoms with van der Waals surface area (Å²) in [5.41, 5.74) is 0.447. The summed E-state index contributed by atoms with van der Waals surface area (Å²) in [6.45, 7) is 5.36. The highest BCUT2D eigenvalue weighted by Crippen LogP contribution is 2.25. The zero-order valence-corrected chi connectivity index (χ0v) is 16.1. The Bertz CT molecular complexity index is 705. The molecule has 1 aromatic rings. The number of hydrogen-bond donors (Lipinski definition) is 1. The van der Waals surface area contributed by atoms with Gasteiger partial charge in [-0.05, 0) is 38.0 Å².